The van der Waals surface area contributed by atoms with E-state index < -0.39 is 0 Å². The number of nitrogens with one attached hydrogen (secondary N) is 1. The lowest BCUT2D eigenvalue weighted by Crippen LogP contribution is -2.46. The topological polar surface area (TPSA) is 87.5 Å². The van der Waals surface area contributed by atoms with Crippen LogP contribution in [0.2, 0.25) is 0 Å². The Labute approximate surface area is 183 Å². The predicted octanol–water partition coefficient (Wildman–Crippen LogP) is 1.87. The van der Waals surface area contributed by atoms with Gasteiger partial charge in [-0.05, 0) is 39.7 Å². The van der Waals surface area contributed by atoms with Gasteiger partial charge in [0, 0.05) is 43.6 Å². The van der Waals surface area contributed by atoms with E-state index in [2.05, 4.69) is 15.3 Å². The van der Waals surface area contributed by atoms with Crippen LogP contribution in [0.4, 0.5) is 0 Å². The molecular formula is C23H33N5O3. The quantitative estimate of drug-likeness (QED) is 0.787. The summed E-state index contributed by atoms with van der Waals surface area (Å²) in [6, 6.07) is 7.16. The van der Waals surface area contributed by atoms with Gasteiger partial charge in [0.2, 0.25) is 5.91 Å². The van der Waals surface area contributed by atoms with Gasteiger partial charge in [0.05, 0.1) is 11.9 Å². The summed E-state index contributed by atoms with van der Waals surface area (Å²) in [7, 11) is 0. The molecule has 1 aromatic carbocycles. The van der Waals surface area contributed by atoms with Gasteiger partial charge in [-0.15, -0.1) is 0 Å². The molecule has 0 unspecified atom stereocenters. The zero-order chi connectivity index (χ0) is 22.6. The number of hydrogen-bond acceptors (Lipinski definition) is 5. The summed E-state index contributed by atoms with van der Waals surface area (Å²) in [6.07, 6.45) is 1.54. The molecule has 0 saturated carbocycles. The Kier molecular flexibility index (Phi) is 7.10. The summed E-state index contributed by atoms with van der Waals surface area (Å²) in [5, 5.41) is 8.54. The number of nitrogens with zero attached hydrogens (tertiary/aromatic N) is 4. The van der Waals surface area contributed by atoms with Gasteiger partial charge >= 0.3 is 0 Å². The molecule has 1 aliphatic heterocycles. The minimum Gasteiger partial charge on any atom is -0.350 e. The Morgan fingerprint density at radius 2 is 1.77 bits per heavy atom. The molecule has 2 heterocycles. The fourth-order valence-corrected chi connectivity index (χ4v) is 3.90. The second-order valence-electron chi connectivity index (χ2n) is 9.14. The molecule has 0 radical (unpaired) electrons. The molecule has 2 amide bonds. The molecule has 8 heteroatoms. The number of carbonyl (C=O) groups excluding carboxylic acids is 2. The Bertz CT molecular complexity index is 1010. The average molecular weight is 428 g/mol. The fraction of sp³-hybridized carbons (Fsp3) is 0.565. The normalized spacial score (nSPS) is 15.7. The smallest absolute Gasteiger partial charge is 0.274 e. The number of amides is 2. The fourth-order valence-electron chi connectivity index (χ4n) is 3.90. The van der Waals surface area contributed by atoms with Crippen molar-refractivity contribution in [3.8, 4) is 0 Å². The van der Waals surface area contributed by atoms with Gasteiger partial charge in [-0.3, -0.25) is 19.3 Å². The van der Waals surface area contributed by atoms with Crippen LogP contribution in [0.15, 0.2) is 29.1 Å². The van der Waals surface area contributed by atoms with E-state index in [0.29, 0.717) is 49.2 Å². The molecular weight excluding hydrogens is 394 g/mol. The Hall–Kier alpha value is -2.74. The number of hydrogen-bond donors (Lipinski definition) is 1. The summed E-state index contributed by atoms with van der Waals surface area (Å²) in [5.74, 6) is -0.173. The average Bonchev–Trinajstić information content (AvgIpc) is 2.94. The van der Waals surface area contributed by atoms with E-state index >= 15 is 0 Å². The van der Waals surface area contributed by atoms with Crippen molar-refractivity contribution >= 4 is 22.6 Å². The largest absolute Gasteiger partial charge is 0.350 e. The van der Waals surface area contributed by atoms with Gasteiger partial charge < -0.3 is 10.2 Å². The molecule has 0 bridgehead atoms. The summed E-state index contributed by atoms with van der Waals surface area (Å²) >= 11 is 0. The summed E-state index contributed by atoms with van der Waals surface area (Å²) in [6.45, 7) is 11.1. The molecule has 1 aliphatic rings. The van der Waals surface area contributed by atoms with Crippen LogP contribution >= 0.6 is 0 Å². The van der Waals surface area contributed by atoms with Crippen LogP contribution in [0.3, 0.4) is 0 Å². The minimum absolute atomic E-state index is 0.00780. The number of carbonyl (C=O) groups is 2. The second kappa shape index (κ2) is 9.60. The van der Waals surface area contributed by atoms with Crippen LogP contribution in [0.5, 0.6) is 0 Å². The first-order valence-electron chi connectivity index (χ1n) is 11.0. The highest BCUT2D eigenvalue weighted by molar-refractivity contribution is 6.04. The lowest BCUT2D eigenvalue weighted by atomic mass is 10.1. The number of rotatable bonds is 5. The number of benzene rings is 1. The van der Waals surface area contributed by atoms with Crippen molar-refractivity contribution in [2.75, 3.05) is 32.7 Å². The number of aryl methyl sites for hydroxylation is 1. The maximum Gasteiger partial charge on any atom is 0.274 e. The molecule has 8 nitrogen and oxygen atoms in total. The first-order valence-corrected chi connectivity index (χ1v) is 11.0. The van der Waals surface area contributed by atoms with Crippen molar-refractivity contribution in [3.05, 3.63) is 40.3 Å². The molecule has 168 valence electrons. The monoisotopic (exact) mass is 427 g/mol. The van der Waals surface area contributed by atoms with Gasteiger partial charge in [0.25, 0.3) is 11.5 Å². The van der Waals surface area contributed by atoms with Crippen molar-refractivity contribution in [1.82, 2.24) is 24.9 Å². The van der Waals surface area contributed by atoms with Crippen LogP contribution < -0.4 is 10.9 Å². The molecule has 1 fully saturated rings. The maximum absolute atomic E-state index is 13.4. The predicted molar refractivity (Wildman–Crippen MR) is 121 cm³/mol. The third-order valence-electron chi connectivity index (χ3n) is 5.26. The van der Waals surface area contributed by atoms with Crippen molar-refractivity contribution < 1.29 is 9.59 Å². The molecule has 31 heavy (non-hydrogen) atoms. The second-order valence-corrected chi connectivity index (χ2v) is 9.14. The van der Waals surface area contributed by atoms with Crippen molar-refractivity contribution in [3.63, 3.8) is 0 Å². The molecule has 0 aliphatic carbocycles. The first kappa shape index (κ1) is 22.9. The van der Waals surface area contributed by atoms with Crippen molar-refractivity contribution in [1.29, 1.82) is 0 Å². The molecule has 3 rings (SSSR count). The van der Waals surface area contributed by atoms with Gasteiger partial charge in [0.15, 0.2) is 5.69 Å². The third kappa shape index (κ3) is 5.70. The van der Waals surface area contributed by atoms with E-state index in [0.717, 1.165) is 19.4 Å². The lowest BCUT2D eigenvalue weighted by molar-refractivity contribution is -0.123. The van der Waals surface area contributed by atoms with Crippen LogP contribution in [-0.2, 0) is 11.3 Å². The summed E-state index contributed by atoms with van der Waals surface area (Å²) in [4.78, 5) is 42.2. The van der Waals surface area contributed by atoms with Crippen LogP contribution in [0, 0.1) is 0 Å². The van der Waals surface area contributed by atoms with E-state index in [9.17, 15) is 14.4 Å². The number of fused-ring (bicyclic) bond motifs is 1. The zero-order valence-corrected chi connectivity index (χ0v) is 19.0. The van der Waals surface area contributed by atoms with E-state index in [1.165, 1.54) is 4.68 Å². The standard InChI is InChI=1S/C23H33N5O3/c1-5-11-28-21(30)18-10-7-6-9-17(18)20(25-28)22(31)27-13-8-12-26(14-15-27)16-19(29)24-23(2,3)4/h6-7,9-10H,5,8,11-16H2,1-4H3,(H,24,29). The Morgan fingerprint density at radius 1 is 1.06 bits per heavy atom. The molecule has 1 aromatic heterocycles. The highest BCUT2D eigenvalue weighted by Crippen LogP contribution is 2.17. The van der Waals surface area contributed by atoms with Crippen molar-refractivity contribution in [2.45, 2.75) is 52.6 Å². The minimum atomic E-state index is -0.265. The van der Waals surface area contributed by atoms with Gasteiger partial charge in [-0.1, -0.05) is 25.1 Å². The van der Waals surface area contributed by atoms with Crippen LogP contribution in [0.25, 0.3) is 10.8 Å². The number of aromatic nitrogens is 2. The molecule has 1 N–H and O–H groups in total. The Balaban J connectivity index is 1.78. The molecule has 1 saturated heterocycles. The van der Waals surface area contributed by atoms with Crippen molar-refractivity contribution in [2.24, 2.45) is 0 Å². The SMILES string of the molecule is CCCn1nc(C(=O)N2CCCN(CC(=O)NC(C)(C)C)CC2)c2ccccc2c1=O. The highest BCUT2D eigenvalue weighted by Gasteiger charge is 2.25. The van der Waals surface area contributed by atoms with Gasteiger partial charge in [-0.2, -0.15) is 5.10 Å². The zero-order valence-electron chi connectivity index (χ0n) is 19.0. The summed E-state index contributed by atoms with van der Waals surface area (Å²) < 4.78 is 1.40. The van der Waals surface area contributed by atoms with E-state index in [1.807, 2.05) is 33.8 Å². The Morgan fingerprint density at radius 3 is 2.45 bits per heavy atom. The van der Waals surface area contributed by atoms with E-state index in [-0.39, 0.29) is 22.9 Å². The summed E-state index contributed by atoms with van der Waals surface area (Å²) in [5.41, 5.74) is -0.109. The molecule has 2 aromatic rings. The van der Waals surface area contributed by atoms with Gasteiger partial charge in [-0.25, -0.2) is 4.68 Å². The third-order valence-corrected chi connectivity index (χ3v) is 5.26. The molecule has 0 spiro atoms. The van der Waals surface area contributed by atoms with Gasteiger partial charge in [0.1, 0.15) is 0 Å². The van der Waals surface area contributed by atoms with Crippen LogP contribution in [-0.4, -0.2) is 69.7 Å². The van der Waals surface area contributed by atoms with E-state index in [4.69, 9.17) is 0 Å². The lowest BCUT2D eigenvalue weighted by Gasteiger charge is -2.25. The maximum atomic E-state index is 13.4. The highest BCUT2D eigenvalue weighted by atomic mass is 16.2. The first-order chi connectivity index (χ1) is 14.7. The molecule has 0 atom stereocenters. The van der Waals surface area contributed by atoms with E-state index in [1.54, 1.807) is 23.1 Å². The van der Waals surface area contributed by atoms with Crippen LogP contribution in [0.1, 0.15) is 51.0 Å².